The van der Waals surface area contributed by atoms with Crippen LogP contribution in [0.5, 0.6) is 0 Å². The summed E-state index contributed by atoms with van der Waals surface area (Å²) in [6.07, 6.45) is 0. The van der Waals surface area contributed by atoms with Crippen molar-refractivity contribution >= 4 is 34.5 Å². The zero-order chi connectivity index (χ0) is 14.7. The smallest absolute Gasteiger partial charge is 0.261 e. The summed E-state index contributed by atoms with van der Waals surface area (Å²) in [6.45, 7) is 3.81. The molecule has 2 aromatic carbocycles. The number of hydrogen-bond acceptors (Lipinski definition) is 4. The van der Waals surface area contributed by atoms with Crippen LogP contribution in [0.15, 0.2) is 57.0 Å². The van der Waals surface area contributed by atoms with Crippen LogP contribution in [-0.2, 0) is 6.54 Å². The molecule has 3 nitrogen and oxygen atoms in total. The van der Waals surface area contributed by atoms with E-state index in [-0.39, 0.29) is 0 Å². The Morgan fingerprint density at radius 2 is 2.10 bits per heavy atom. The summed E-state index contributed by atoms with van der Waals surface area (Å²) in [5.41, 5.74) is 2.86. The Morgan fingerprint density at radius 1 is 1.24 bits per heavy atom. The van der Waals surface area contributed by atoms with Gasteiger partial charge < -0.3 is 9.73 Å². The van der Waals surface area contributed by atoms with Crippen molar-refractivity contribution in [3.05, 3.63) is 53.1 Å². The number of nitrogens with one attached hydrogen (secondary N) is 1. The standard InChI is InChI=1S/C16H15ClN2OS/c1-2-18-10-11-7-8-12(17)9-15(11)21-16-19-13-5-3-4-6-14(13)20-16/h3-9,18H,2,10H2,1H3. The van der Waals surface area contributed by atoms with Crippen molar-refractivity contribution in [3.63, 3.8) is 0 Å². The van der Waals surface area contributed by atoms with Crippen LogP contribution in [0, 0.1) is 0 Å². The van der Waals surface area contributed by atoms with Crippen molar-refractivity contribution in [1.29, 1.82) is 0 Å². The molecular weight excluding hydrogens is 304 g/mol. The van der Waals surface area contributed by atoms with Crippen LogP contribution in [0.25, 0.3) is 11.1 Å². The Kier molecular flexibility index (Phi) is 4.48. The molecule has 1 N–H and O–H groups in total. The molecule has 0 amide bonds. The third kappa shape index (κ3) is 3.40. The van der Waals surface area contributed by atoms with E-state index in [1.54, 1.807) is 0 Å². The number of aromatic nitrogens is 1. The minimum atomic E-state index is 0.635. The van der Waals surface area contributed by atoms with Crippen molar-refractivity contribution in [2.45, 2.75) is 23.6 Å². The highest BCUT2D eigenvalue weighted by atomic mass is 35.5. The van der Waals surface area contributed by atoms with Crippen molar-refractivity contribution in [3.8, 4) is 0 Å². The van der Waals surface area contributed by atoms with Gasteiger partial charge in [-0.25, -0.2) is 4.98 Å². The van der Waals surface area contributed by atoms with Gasteiger partial charge in [-0.05, 0) is 48.1 Å². The number of nitrogens with zero attached hydrogens (tertiary/aromatic N) is 1. The van der Waals surface area contributed by atoms with E-state index in [0.717, 1.165) is 29.1 Å². The summed E-state index contributed by atoms with van der Waals surface area (Å²) in [4.78, 5) is 5.56. The van der Waals surface area contributed by atoms with Crippen LogP contribution in [0.4, 0.5) is 0 Å². The Morgan fingerprint density at radius 3 is 2.90 bits per heavy atom. The van der Waals surface area contributed by atoms with E-state index in [1.807, 2.05) is 42.5 Å². The third-order valence-corrected chi connectivity index (χ3v) is 4.25. The number of hydrogen-bond donors (Lipinski definition) is 1. The first-order valence-corrected chi connectivity index (χ1v) is 7.98. The van der Waals surface area contributed by atoms with Gasteiger partial charge >= 0.3 is 0 Å². The fourth-order valence-corrected chi connectivity index (χ4v) is 3.18. The Hall–Kier alpha value is -1.49. The molecule has 108 valence electrons. The summed E-state index contributed by atoms with van der Waals surface area (Å²) in [5.74, 6) is 0. The van der Waals surface area contributed by atoms with Gasteiger partial charge in [-0.15, -0.1) is 0 Å². The highest BCUT2D eigenvalue weighted by molar-refractivity contribution is 7.99. The Balaban J connectivity index is 1.90. The predicted octanol–water partition coefficient (Wildman–Crippen LogP) is 4.74. The van der Waals surface area contributed by atoms with Crippen molar-refractivity contribution in [2.75, 3.05) is 6.54 Å². The van der Waals surface area contributed by atoms with Crippen LogP contribution in [-0.4, -0.2) is 11.5 Å². The molecule has 0 saturated carbocycles. The second-order valence-corrected chi connectivity index (χ2v) is 6.01. The SMILES string of the molecule is CCNCc1ccc(Cl)cc1Sc1nc2ccccc2o1. The molecule has 3 rings (SSSR count). The maximum atomic E-state index is 6.11. The first kappa shape index (κ1) is 14.4. The normalized spacial score (nSPS) is 11.1. The molecule has 5 heteroatoms. The summed E-state index contributed by atoms with van der Waals surface area (Å²) in [6, 6.07) is 13.7. The minimum Gasteiger partial charge on any atom is -0.431 e. The van der Waals surface area contributed by atoms with Gasteiger partial charge in [0.2, 0.25) is 0 Å². The fourth-order valence-electron chi connectivity index (χ4n) is 2.02. The number of halogens is 1. The van der Waals surface area contributed by atoms with Crippen LogP contribution < -0.4 is 5.32 Å². The lowest BCUT2D eigenvalue weighted by Gasteiger charge is -2.08. The molecule has 0 fully saturated rings. The zero-order valence-corrected chi connectivity index (χ0v) is 13.2. The second kappa shape index (κ2) is 6.52. The van der Waals surface area contributed by atoms with Crippen LogP contribution in [0.3, 0.4) is 0 Å². The maximum Gasteiger partial charge on any atom is 0.261 e. The molecule has 0 aliphatic carbocycles. The fraction of sp³-hybridized carbons (Fsp3) is 0.188. The van der Waals surface area contributed by atoms with E-state index < -0.39 is 0 Å². The van der Waals surface area contributed by atoms with Gasteiger partial charge in [-0.2, -0.15) is 0 Å². The molecule has 0 aliphatic heterocycles. The topological polar surface area (TPSA) is 38.1 Å². The van der Waals surface area contributed by atoms with Gasteiger partial charge in [0.1, 0.15) is 5.52 Å². The number of rotatable bonds is 5. The summed E-state index contributed by atoms with van der Waals surface area (Å²) < 4.78 is 5.76. The Labute approximate surface area is 132 Å². The summed E-state index contributed by atoms with van der Waals surface area (Å²) in [5, 5.41) is 4.68. The van der Waals surface area contributed by atoms with E-state index in [2.05, 4.69) is 17.2 Å². The number of para-hydroxylation sites is 2. The molecule has 21 heavy (non-hydrogen) atoms. The van der Waals surface area contributed by atoms with Crippen molar-refractivity contribution < 1.29 is 4.42 Å². The highest BCUT2D eigenvalue weighted by Gasteiger charge is 2.11. The molecule has 0 aliphatic rings. The lowest BCUT2D eigenvalue weighted by atomic mass is 10.2. The van der Waals surface area contributed by atoms with Gasteiger partial charge in [0, 0.05) is 16.5 Å². The van der Waals surface area contributed by atoms with E-state index in [1.165, 1.54) is 17.3 Å². The molecule has 0 radical (unpaired) electrons. The largest absolute Gasteiger partial charge is 0.431 e. The predicted molar refractivity (Wildman–Crippen MR) is 87.0 cm³/mol. The Bertz CT molecular complexity index is 724. The first-order valence-electron chi connectivity index (χ1n) is 6.79. The van der Waals surface area contributed by atoms with Crippen LogP contribution in [0.2, 0.25) is 5.02 Å². The molecule has 0 unspecified atom stereocenters. The second-order valence-electron chi connectivity index (χ2n) is 4.58. The molecule has 0 bridgehead atoms. The minimum absolute atomic E-state index is 0.635. The van der Waals surface area contributed by atoms with E-state index in [4.69, 9.17) is 16.0 Å². The summed E-state index contributed by atoms with van der Waals surface area (Å²) in [7, 11) is 0. The van der Waals surface area contributed by atoms with E-state index in [9.17, 15) is 0 Å². The lowest BCUT2D eigenvalue weighted by molar-refractivity contribution is 0.489. The van der Waals surface area contributed by atoms with Gasteiger partial charge in [-0.1, -0.05) is 36.7 Å². The number of benzene rings is 2. The van der Waals surface area contributed by atoms with Gasteiger partial charge in [0.15, 0.2) is 5.58 Å². The van der Waals surface area contributed by atoms with Gasteiger partial charge in [0.25, 0.3) is 5.22 Å². The van der Waals surface area contributed by atoms with Gasteiger partial charge in [0.05, 0.1) is 0 Å². The summed E-state index contributed by atoms with van der Waals surface area (Å²) >= 11 is 7.61. The van der Waals surface area contributed by atoms with Crippen LogP contribution in [0.1, 0.15) is 12.5 Å². The maximum absolute atomic E-state index is 6.11. The quantitative estimate of drug-likeness (QED) is 0.737. The van der Waals surface area contributed by atoms with Crippen molar-refractivity contribution in [2.24, 2.45) is 0 Å². The van der Waals surface area contributed by atoms with Gasteiger partial charge in [-0.3, -0.25) is 0 Å². The molecule has 0 spiro atoms. The number of fused-ring (bicyclic) bond motifs is 1. The third-order valence-electron chi connectivity index (χ3n) is 3.07. The monoisotopic (exact) mass is 318 g/mol. The van der Waals surface area contributed by atoms with Crippen molar-refractivity contribution in [1.82, 2.24) is 10.3 Å². The molecule has 1 heterocycles. The number of oxazole rings is 1. The molecule has 0 atom stereocenters. The average Bonchev–Trinajstić information content (AvgIpc) is 2.88. The molecule has 3 aromatic rings. The molecular formula is C16H15ClN2OS. The first-order chi connectivity index (χ1) is 10.3. The van der Waals surface area contributed by atoms with E-state index >= 15 is 0 Å². The lowest BCUT2D eigenvalue weighted by Crippen LogP contribution is -2.12. The zero-order valence-electron chi connectivity index (χ0n) is 11.6. The molecule has 1 aromatic heterocycles. The van der Waals surface area contributed by atoms with Crippen LogP contribution >= 0.6 is 23.4 Å². The highest BCUT2D eigenvalue weighted by Crippen LogP contribution is 2.33. The average molecular weight is 319 g/mol. The molecule has 0 saturated heterocycles. The van der Waals surface area contributed by atoms with E-state index in [0.29, 0.717) is 10.2 Å².